The van der Waals surface area contributed by atoms with Gasteiger partial charge in [-0.3, -0.25) is 4.79 Å². The third kappa shape index (κ3) is 4.29. The van der Waals surface area contributed by atoms with Crippen LogP contribution < -0.4 is 24.8 Å². The number of aromatic nitrogens is 2. The fourth-order valence-corrected chi connectivity index (χ4v) is 2.50. The average Bonchev–Trinajstić information content (AvgIpc) is 2.74. The van der Waals surface area contributed by atoms with E-state index in [4.69, 9.17) is 14.2 Å². The summed E-state index contributed by atoms with van der Waals surface area (Å²) in [6.07, 6.45) is 1.50. The molecule has 3 rings (SSSR count). The lowest BCUT2D eigenvalue weighted by Crippen LogP contribution is -2.15. The van der Waals surface area contributed by atoms with Crippen molar-refractivity contribution >= 4 is 23.2 Å². The van der Waals surface area contributed by atoms with Crippen LogP contribution in [0.25, 0.3) is 0 Å². The molecule has 1 aromatic heterocycles. The molecule has 0 aliphatic carbocycles. The fraction of sp³-hybridized carbons (Fsp3) is 0.150. The Morgan fingerprint density at radius 3 is 2.43 bits per heavy atom. The highest BCUT2D eigenvalue weighted by Gasteiger charge is 2.13. The van der Waals surface area contributed by atoms with Gasteiger partial charge in [0.1, 0.15) is 22.9 Å². The maximum atomic E-state index is 12.6. The van der Waals surface area contributed by atoms with Gasteiger partial charge in [0, 0.05) is 12.3 Å². The van der Waals surface area contributed by atoms with E-state index in [-0.39, 0.29) is 17.5 Å². The first-order valence-corrected chi connectivity index (χ1v) is 8.41. The Hall–Kier alpha value is -3.81. The number of hydrogen-bond acceptors (Lipinski definition) is 7. The summed E-state index contributed by atoms with van der Waals surface area (Å²) in [6.45, 7) is 0. The van der Waals surface area contributed by atoms with Gasteiger partial charge in [-0.1, -0.05) is 12.1 Å². The number of hydrogen-bond donors (Lipinski definition) is 2. The van der Waals surface area contributed by atoms with E-state index in [1.165, 1.54) is 12.3 Å². The topological polar surface area (TPSA) is 94.6 Å². The summed E-state index contributed by atoms with van der Waals surface area (Å²) < 4.78 is 15.8. The van der Waals surface area contributed by atoms with Crippen molar-refractivity contribution in [1.82, 2.24) is 9.97 Å². The zero-order chi connectivity index (χ0) is 19.9. The maximum absolute atomic E-state index is 12.6. The van der Waals surface area contributed by atoms with Gasteiger partial charge in [0.25, 0.3) is 5.91 Å². The van der Waals surface area contributed by atoms with E-state index in [2.05, 4.69) is 20.6 Å². The SMILES string of the molecule is COc1ccc(Nc2nccc(C(=O)Nc3ccccc3OC)n2)c(OC)c1. The molecule has 2 N–H and O–H groups in total. The van der Waals surface area contributed by atoms with E-state index in [1.54, 1.807) is 57.7 Å². The van der Waals surface area contributed by atoms with Crippen molar-refractivity contribution in [1.29, 1.82) is 0 Å². The van der Waals surface area contributed by atoms with Crippen LogP contribution in [-0.2, 0) is 0 Å². The van der Waals surface area contributed by atoms with Crippen molar-refractivity contribution in [2.24, 2.45) is 0 Å². The van der Waals surface area contributed by atoms with Gasteiger partial charge < -0.3 is 24.8 Å². The van der Waals surface area contributed by atoms with E-state index >= 15 is 0 Å². The van der Waals surface area contributed by atoms with Crippen molar-refractivity contribution in [3.8, 4) is 17.2 Å². The van der Waals surface area contributed by atoms with Crippen LogP contribution in [0.4, 0.5) is 17.3 Å². The second-order valence-electron chi connectivity index (χ2n) is 5.61. The molecule has 1 heterocycles. The number of carbonyl (C=O) groups is 1. The fourth-order valence-electron chi connectivity index (χ4n) is 2.50. The molecular formula is C20H20N4O4. The lowest BCUT2D eigenvalue weighted by molar-refractivity contribution is 0.102. The molecule has 0 aliphatic rings. The first-order chi connectivity index (χ1) is 13.6. The van der Waals surface area contributed by atoms with Crippen molar-refractivity contribution < 1.29 is 19.0 Å². The molecule has 0 bridgehead atoms. The van der Waals surface area contributed by atoms with Crippen LogP contribution in [-0.4, -0.2) is 37.2 Å². The summed E-state index contributed by atoms with van der Waals surface area (Å²) in [5.74, 6) is 1.67. The van der Waals surface area contributed by atoms with Gasteiger partial charge in [-0.2, -0.15) is 0 Å². The van der Waals surface area contributed by atoms with Gasteiger partial charge in [0.15, 0.2) is 0 Å². The lowest BCUT2D eigenvalue weighted by Gasteiger charge is -2.12. The van der Waals surface area contributed by atoms with Gasteiger partial charge in [0.05, 0.1) is 32.7 Å². The first-order valence-electron chi connectivity index (χ1n) is 8.41. The third-order valence-corrected chi connectivity index (χ3v) is 3.90. The number of rotatable bonds is 7. The smallest absolute Gasteiger partial charge is 0.274 e. The van der Waals surface area contributed by atoms with Crippen LogP contribution in [0.1, 0.15) is 10.5 Å². The predicted molar refractivity (Wildman–Crippen MR) is 106 cm³/mol. The zero-order valence-electron chi connectivity index (χ0n) is 15.7. The quantitative estimate of drug-likeness (QED) is 0.648. The molecule has 2 aromatic carbocycles. The number of methoxy groups -OCH3 is 3. The molecule has 0 atom stereocenters. The molecule has 0 radical (unpaired) electrons. The van der Waals surface area contributed by atoms with Gasteiger partial charge in [0.2, 0.25) is 5.95 Å². The Morgan fingerprint density at radius 2 is 1.68 bits per heavy atom. The lowest BCUT2D eigenvalue weighted by atomic mass is 10.2. The molecule has 0 saturated carbocycles. The van der Waals surface area contributed by atoms with E-state index < -0.39 is 0 Å². The van der Waals surface area contributed by atoms with E-state index in [1.807, 2.05) is 6.07 Å². The average molecular weight is 380 g/mol. The maximum Gasteiger partial charge on any atom is 0.274 e. The number of amides is 1. The number of ether oxygens (including phenoxy) is 3. The normalized spacial score (nSPS) is 10.1. The monoisotopic (exact) mass is 380 g/mol. The van der Waals surface area contributed by atoms with Crippen LogP contribution in [0.3, 0.4) is 0 Å². The Balaban J connectivity index is 1.80. The van der Waals surface area contributed by atoms with E-state index in [0.717, 1.165) is 0 Å². The van der Waals surface area contributed by atoms with Gasteiger partial charge in [-0.05, 0) is 30.3 Å². The zero-order valence-corrected chi connectivity index (χ0v) is 15.7. The van der Waals surface area contributed by atoms with Crippen molar-refractivity contribution in [3.05, 3.63) is 60.4 Å². The molecule has 28 heavy (non-hydrogen) atoms. The Morgan fingerprint density at radius 1 is 0.893 bits per heavy atom. The Bertz CT molecular complexity index is 978. The summed E-state index contributed by atoms with van der Waals surface area (Å²) >= 11 is 0. The Kier molecular flexibility index (Phi) is 5.91. The van der Waals surface area contributed by atoms with Gasteiger partial charge in [-0.15, -0.1) is 0 Å². The minimum atomic E-state index is -0.378. The molecule has 0 aliphatic heterocycles. The molecule has 0 spiro atoms. The molecule has 144 valence electrons. The molecule has 0 saturated heterocycles. The highest BCUT2D eigenvalue weighted by molar-refractivity contribution is 6.03. The van der Waals surface area contributed by atoms with Crippen molar-refractivity contribution in [2.45, 2.75) is 0 Å². The Labute approximate surface area is 162 Å². The van der Waals surface area contributed by atoms with Gasteiger partial charge in [-0.25, -0.2) is 9.97 Å². The number of nitrogens with one attached hydrogen (secondary N) is 2. The summed E-state index contributed by atoms with van der Waals surface area (Å²) in [4.78, 5) is 21.0. The number of para-hydroxylation sites is 2. The molecule has 8 heteroatoms. The molecular weight excluding hydrogens is 360 g/mol. The van der Waals surface area contributed by atoms with Crippen LogP contribution in [0.5, 0.6) is 17.2 Å². The number of anilines is 3. The minimum Gasteiger partial charge on any atom is -0.497 e. The molecule has 0 unspecified atom stereocenters. The molecule has 3 aromatic rings. The van der Waals surface area contributed by atoms with Crippen LogP contribution in [0.2, 0.25) is 0 Å². The third-order valence-electron chi connectivity index (χ3n) is 3.90. The summed E-state index contributed by atoms with van der Waals surface area (Å²) in [6, 6.07) is 14.0. The minimum absolute atomic E-state index is 0.205. The summed E-state index contributed by atoms with van der Waals surface area (Å²) in [7, 11) is 4.67. The van der Waals surface area contributed by atoms with Crippen molar-refractivity contribution in [3.63, 3.8) is 0 Å². The second-order valence-corrected chi connectivity index (χ2v) is 5.61. The highest BCUT2D eigenvalue weighted by Crippen LogP contribution is 2.30. The summed E-state index contributed by atoms with van der Waals surface area (Å²) in [5.41, 5.74) is 1.40. The first kappa shape index (κ1) is 19.0. The van der Waals surface area contributed by atoms with E-state index in [9.17, 15) is 4.79 Å². The highest BCUT2D eigenvalue weighted by atomic mass is 16.5. The van der Waals surface area contributed by atoms with Crippen LogP contribution >= 0.6 is 0 Å². The standard InChI is InChI=1S/C20H20N4O4/c1-26-13-8-9-15(18(12-13)28-3)23-20-21-11-10-16(24-20)19(25)22-14-6-4-5-7-17(14)27-2/h4-12H,1-3H3,(H,22,25)(H,21,23,24). The summed E-state index contributed by atoms with van der Waals surface area (Å²) in [5, 5.41) is 5.83. The number of nitrogens with zero attached hydrogens (tertiary/aromatic N) is 2. The van der Waals surface area contributed by atoms with Gasteiger partial charge >= 0.3 is 0 Å². The van der Waals surface area contributed by atoms with E-state index in [0.29, 0.717) is 28.6 Å². The van der Waals surface area contributed by atoms with Crippen LogP contribution in [0.15, 0.2) is 54.7 Å². The van der Waals surface area contributed by atoms with Crippen molar-refractivity contribution in [2.75, 3.05) is 32.0 Å². The molecule has 1 amide bonds. The second kappa shape index (κ2) is 8.72. The number of carbonyl (C=O) groups excluding carboxylic acids is 1. The molecule has 8 nitrogen and oxygen atoms in total. The predicted octanol–water partition coefficient (Wildman–Crippen LogP) is 3.50. The number of benzene rings is 2. The largest absolute Gasteiger partial charge is 0.497 e. The molecule has 0 fully saturated rings. The van der Waals surface area contributed by atoms with Crippen LogP contribution in [0, 0.1) is 0 Å².